The molecule has 0 bridgehead atoms. The summed E-state index contributed by atoms with van der Waals surface area (Å²) < 4.78 is 2.59. The van der Waals surface area contributed by atoms with Crippen LogP contribution in [0, 0.1) is 13.8 Å². The summed E-state index contributed by atoms with van der Waals surface area (Å²) in [7, 11) is 1.77. The van der Waals surface area contributed by atoms with E-state index < -0.39 is 0 Å². The highest BCUT2D eigenvalue weighted by Gasteiger charge is 2.26. The van der Waals surface area contributed by atoms with Gasteiger partial charge in [0.1, 0.15) is 5.69 Å². The van der Waals surface area contributed by atoms with Crippen LogP contribution in [0.5, 0.6) is 0 Å². The van der Waals surface area contributed by atoms with Crippen LogP contribution in [0.4, 0.5) is 5.13 Å². The Labute approximate surface area is 171 Å². The third-order valence-corrected chi connectivity index (χ3v) is 6.05. The predicted molar refractivity (Wildman–Crippen MR) is 112 cm³/mol. The van der Waals surface area contributed by atoms with Gasteiger partial charge < -0.3 is 0 Å². The number of nitrogens with zero attached hydrogens (tertiary/aromatic N) is 5. The van der Waals surface area contributed by atoms with Crippen LogP contribution in [-0.2, 0) is 13.6 Å². The van der Waals surface area contributed by atoms with Gasteiger partial charge in [-0.3, -0.25) is 19.4 Å². The number of fused-ring (bicyclic) bond motifs is 1. The second kappa shape index (κ2) is 7.33. The van der Waals surface area contributed by atoms with E-state index in [4.69, 9.17) is 16.6 Å². The molecular weight excluding hydrogens is 394 g/mol. The molecule has 0 unspecified atom stereocenters. The normalized spacial score (nSPS) is 11.1. The Balaban J connectivity index is 1.83. The number of carbonyl (C=O) groups excluding carboxylic acids is 1. The Morgan fingerprint density at radius 2 is 2.07 bits per heavy atom. The van der Waals surface area contributed by atoms with Crippen molar-refractivity contribution in [3.63, 3.8) is 0 Å². The smallest absolute Gasteiger partial charge is 0.278 e. The topological polar surface area (TPSA) is 63.9 Å². The van der Waals surface area contributed by atoms with Crippen LogP contribution < -0.4 is 4.90 Å². The number of anilines is 1. The zero-order chi connectivity index (χ0) is 19.8. The largest absolute Gasteiger partial charge is 0.278 e. The lowest BCUT2D eigenvalue weighted by Gasteiger charge is -2.20. The van der Waals surface area contributed by atoms with Crippen molar-refractivity contribution in [2.45, 2.75) is 20.4 Å². The third-order valence-electron chi connectivity index (χ3n) is 4.60. The molecule has 4 aromatic rings. The number of hydrogen-bond donors (Lipinski definition) is 0. The van der Waals surface area contributed by atoms with E-state index in [0.717, 1.165) is 26.9 Å². The van der Waals surface area contributed by atoms with Gasteiger partial charge in [-0.2, -0.15) is 5.10 Å². The van der Waals surface area contributed by atoms with Gasteiger partial charge in [-0.25, -0.2) is 4.98 Å². The van der Waals surface area contributed by atoms with Crippen molar-refractivity contribution in [1.82, 2.24) is 19.7 Å². The van der Waals surface area contributed by atoms with Crippen LogP contribution >= 0.6 is 22.9 Å². The molecule has 4 rings (SSSR count). The number of rotatable bonds is 4. The maximum Gasteiger partial charge on any atom is 0.278 e. The summed E-state index contributed by atoms with van der Waals surface area (Å²) >= 11 is 7.73. The number of halogens is 1. The number of thiazole rings is 1. The van der Waals surface area contributed by atoms with Crippen molar-refractivity contribution >= 4 is 44.2 Å². The highest BCUT2D eigenvalue weighted by atomic mass is 35.5. The first-order valence-corrected chi connectivity index (χ1v) is 9.90. The van der Waals surface area contributed by atoms with Gasteiger partial charge in [0.15, 0.2) is 5.13 Å². The molecule has 0 saturated carbocycles. The summed E-state index contributed by atoms with van der Waals surface area (Å²) in [6, 6.07) is 7.60. The number of pyridine rings is 1. The van der Waals surface area contributed by atoms with Gasteiger partial charge >= 0.3 is 0 Å². The summed E-state index contributed by atoms with van der Waals surface area (Å²) in [5.41, 5.74) is 4.01. The summed E-state index contributed by atoms with van der Waals surface area (Å²) in [5, 5.41) is 5.50. The number of aromatic nitrogens is 4. The molecule has 0 saturated heterocycles. The van der Waals surface area contributed by atoms with Crippen LogP contribution in [-0.4, -0.2) is 25.7 Å². The lowest BCUT2D eigenvalue weighted by atomic mass is 10.2. The second-order valence-corrected chi connectivity index (χ2v) is 7.98. The third kappa shape index (κ3) is 3.27. The van der Waals surface area contributed by atoms with E-state index in [1.54, 1.807) is 35.2 Å². The molecule has 0 atom stereocenters. The fourth-order valence-corrected chi connectivity index (χ4v) is 4.26. The lowest BCUT2D eigenvalue weighted by molar-refractivity contribution is 0.0975. The van der Waals surface area contributed by atoms with Crippen LogP contribution in [0.1, 0.15) is 27.2 Å². The van der Waals surface area contributed by atoms with Gasteiger partial charge in [0.25, 0.3) is 5.91 Å². The molecule has 0 spiro atoms. The highest BCUT2D eigenvalue weighted by Crippen LogP contribution is 2.34. The minimum atomic E-state index is -0.149. The van der Waals surface area contributed by atoms with Gasteiger partial charge in [-0.05, 0) is 48.7 Å². The minimum Gasteiger partial charge on any atom is -0.278 e. The quantitative estimate of drug-likeness (QED) is 0.494. The highest BCUT2D eigenvalue weighted by molar-refractivity contribution is 7.22. The molecule has 0 aliphatic carbocycles. The molecule has 1 aromatic carbocycles. The van der Waals surface area contributed by atoms with Crippen LogP contribution in [0.2, 0.25) is 5.02 Å². The molecule has 142 valence electrons. The SMILES string of the molecule is Cc1cnn(C)c1C(=O)N(Cc1cccnc1)c1nc2c(C)c(Cl)ccc2s1. The molecule has 0 fully saturated rings. The fraction of sp³-hybridized carbons (Fsp3) is 0.200. The molecular formula is C20H18ClN5OS. The summed E-state index contributed by atoms with van der Waals surface area (Å²) in [6.07, 6.45) is 5.16. The molecule has 6 nitrogen and oxygen atoms in total. The van der Waals surface area contributed by atoms with Crippen molar-refractivity contribution in [3.8, 4) is 0 Å². The van der Waals surface area contributed by atoms with E-state index >= 15 is 0 Å². The van der Waals surface area contributed by atoms with Crippen molar-refractivity contribution in [3.05, 3.63) is 70.3 Å². The predicted octanol–water partition coefficient (Wildman–Crippen LogP) is 4.54. The molecule has 1 amide bonds. The summed E-state index contributed by atoms with van der Waals surface area (Å²) in [6.45, 7) is 4.18. The minimum absolute atomic E-state index is 0.149. The molecule has 0 N–H and O–H groups in total. The summed E-state index contributed by atoms with van der Waals surface area (Å²) in [4.78, 5) is 24.1. The molecule has 28 heavy (non-hydrogen) atoms. The zero-order valence-electron chi connectivity index (χ0n) is 15.7. The van der Waals surface area contributed by atoms with Crippen molar-refractivity contribution in [1.29, 1.82) is 0 Å². The molecule has 0 aliphatic rings. The van der Waals surface area contributed by atoms with Gasteiger partial charge in [-0.15, -0.1) is 0 Å². The van der Waals surface area contributed by atoms with E-state index in [9.17, 15) is 4.79 Å². The first-order chi connectivity index (χ1) is 13.5. The maximum absolute atomic E-state index is 13.5. The number of amides is 1. The average Bonchev–Trinajstić information content (AvgIpc) is 3.27. The Bertz CT molecular complexity index is 1150. The van der Waals surface area contributed by atoms with E-state index in [0.29, 0.717) is 22.4 Å². The summed E-state index contributed by atoms with van der Waals surface area (Å²) in [5.74, 6) is -0.149. The monoisotopic (exact) mass is 411 g/mol. The Morgan fingerprint density at radius 3 is 2.75 bits per heavy atom. The molecule has 3 heterocycles. The zero-order valence-corrected chi connectivity index (χ0v) is 17.3. The van der Waals surface area contributed by atoms with Gasteiger partial charge in [-0.1, -0.05) is 29.0 Å². The number of carbonyl (C=O) groups is 1. The first kappa shape index (κ1) is 18.6. The molecule has 8 heteroatoms. The lowest BCUT2D eigenvalue weighted by Crippen LogP contribution is -2.32. The van der Waals surface area contributed by atoms with Gasteiger partial charge in [0, 0.05) is 24.5 Å². The molecule has 0 aliphatic heterocycles. The van der Waals surface area contributed by atoms with Crippen molar-refractivity contribution in [2.75, 3.05) is 4.90 Å². The van der Waals surface area contributed by atoms with Crippen LogP contribution in [0.25, 0.3) is 10.2 Å². The van der Waals surface area contributed by atoms with Crippen molar-refractivity contribution < 1.29 is 4.79 Å². The second-order valence-electron chi connectivity index (χ2n) is 6.57. The molecule has 0 radical (unpaired) electrons. The number of hydrogen-bond acceptors (Lipinski definition) is 5. The number of aryl methyl sites for hydroxylation is 3. The van der Waals surface area contributed by atoms with E-state index in [-0.39, 0.29) is 5.91 Å². The Hall–Kier alpha value is -2.77. The standard InChI is InChI=1S/C20H18ClN5OS/c1-12-9-23-25(3)18(12)19(27)26(11-14-5-4-8-22-10-14)20-24-17-13(2)15(21)6-7-16(17)28-20/h4-10H,11H2,1-3H3. The Morgan fingerprint density at radius 1 is 1.25 bits per heavy atom. The van der Waals surface area contributed by atoms with E-state index in [1.807, 2.05) is 38.1 Å². The van der Waals surface area contributed by atoms with Gasteiger partial charge in [0.2, 0.25) is 0 Å². The maximum atomic E-state index is 13.5. The van der Waals surface area contributed by atoms with Crippen LogP contribution in [0.15, 0.2) is 42.9 Å². The fourth-order valence-electron chi connectivity index (χ4n) is 3.09. The van der Waals surface area contributed by atoms with E-state index in [1.165, 1.54) is 11.3 Å². The van der Waals surface area contributed by atoms with Gasteiger partial charge in [0.05, 0.1) is 23.0 Å². The van der Waals surface area contributed by atoms with E-state index in [2.05, 4.69) is 10.1 Å². The molecule has 3 aromatic heterocycles. The van der Waals surface area contributed by atoms with Crippen LogP contribution in [0.3, 0.4) is 0 Å². The van der Waals surface area contributed by atoms with Crippen molar-refractivity contribution in [2.24, 2.45) is 7.05 Å². The first-order valence-electron chi connectivity index (χ1n) is 8.70. The average molecular weight is 412 g/mol. The Kier molecular flexibility index (Phi) is 4.87. The number of benzene rings is 1.